The standard InChI is InChI=1S/C17H25NO4/c1-19-17-16(18-7-9-20-10-8-18)11-15(22-17)13-21-12-14-5-3-2-4-6-14/h2-6,15-17H,7-13H2,1H3/t15-,16+,17+/m0/s1. The van der Waals surface area contributed by atoms with Gasteiger partial charge in [-0.25, -0.2) is 0 Å². The molecule has 0 saturated carbocycles. The number of benzene rings is 1. The Morgan fingerprint density at radius 3 is 2.68 bits per heavy atom. The van der Waals surface area contributed by atoms with Gasteiger partial charge in [0.25, 0.3) is 0 Å². The molecule has 1 aromatic rings. The molecule has 0 radical (unpaired) electrons. The average Bonchev–Trinajstić information content (AvgIpc) is 3.00. The summed E-state index contributed by atoms with van der Waals surface area (Å²) in [4.78, 5) is 2.41. The fraction of sp³-hybridized carbons (Fsp3) is 0.647. The Bertz CT molecular complexity index is 436. The Labute approximate surface area is 132 Å². The van der Waals surface area contributed by atoms with E-state index in [0.717, 1.165) is 32.7 Å². The summed E-state index contributed by atoms with van der Waals surface area (Å²) < 4.78 is 22.7. The van der Waals surface area contributed by atoms with Crippen LogP contribution >= 0.6 is 0 Å². The van der Waals surface area contributed by atoms with Crippen molar-refractivity contribution in [3.05, 3.63) is 35.9 Å². The molecular weight excluding hydrogens is 282 g/mol. The summed E-state index contributed by atoms with van der Waals surface area (Å²) in [5.41, 5.74) is 1.19. The van der Waals surface area contributed by atoms with Crippen molar-refractivity contribution in [1.29, 1.82) is 0 Å². The Kier molecular flexibility index (Phi) is 5.81. The molecule has 2 aliphatic heterocycles. The molecule has 2 fully saturated rings. The van der Waals surface area contributed by atoms with Crippen LogP contribution in [-0.4, -0.2) is 63.4 Å². The number of hydrogen-bond donors (Lipinski definition) is 0. The van der Waals surface area contributed by atoms with Crippen LogP contribution in [0.2, 0.25) is 0 Å². The van der Waals surface area contributed by atoms with Crippen LogP contribution in [0.3, 0.4) is 0 Å². The Morgan fingerprint density at radius 1 is 1.18 bits per heavy atom. The largest absolute Gasteiger partial charge is 0.379 e. The second kappa shape index (κ2) is 8.04. The van der Waals surface area contributed by atoms with Crippen molar-refractivity contribution < 1.29 is 18.9 Å². The van der Waals surface area contributed by atoms with Gasteiger partial charge in [0.1, 0.15) is 0 Å². The summed E-state index contributed by atoms with van der Waals surface area (Å²) in [6, 6.07) is 10.5. The normalized spacial score (nSPS) is 29.8. The highest BCUT2D eigenvalue weighted by Crippen LogP contribution is 2.26. The van der Waals surface area contributed by atoms with Gasteiger partial charge in [0.2, 0.25) is 0 Å². The molecule has 3 atom stereocenters. The zero-order chi connectivity index (χ0) is 15.2. The zero-order valence-corrected chi connectivity index (χ0v) is 13.1. The van der Waals surface area contributed by atoms with Crippen molar-refractivity contribution in [3.63, 3.8) is 0 Å². The van der Waals surface area contributed by atoms with E-state index in [1.165, 1.54) is 5.56 Å². The van der Waals surface area contributed by atoms with Crippen LogP contribution in [0.1, 0.15) is 12.0 Å². The van der Waals surface area contributed by atoms with Gasteiger partial charge in [-0.3, -0.25) is 4.90 Å². The minimum Gasteiger partial charge on any atom is -0.379 e. The Morgan fingerprint density at radius 2 is 1.95 bits per heavy atom. The molecule has 2 heterocycles. The summed E-state index contributed by atoms with van der Waals surface area (Å²) >= 11 is 0. The number of methoxy groups -OCH3 is 1. The zero-order valence-electron chi connectivity index (χ0n) is 13.1. The van der Waals surface area contributed by atoms with E-state index in [1.54, 1.807) is 7.11 Å². The third-order valence-corrected chi connectivity index (χ3v) is 4.31. The van der Waals surface area contributed by atoms with E-state index in [4.69, 9.17) is 18.9 Å². The first kappa shape index (κ1) is 15.9. The Balaban J connectivity index is 1.46. The lowest BCUT2D eigenvalue weighted by molar-refractivity contribution is -0.152. The highest BCUT2D eigenvalue weighted by Gasteiger charge is 2.39. The van der Waals surface area contributed by atoms with Gasteiger partial charge in [-0.05, 0) is 12.0 Å². The smallest absolute Gasteiger partial charge is 0.173 e. The van der Waals surface area contributed by atoms with Gasteiger partial charge in [0, 0.05) is 20.2 Å². The number of ether oxygens (including phenoxy) is 4. The van der Waals surface area contributed by atoms with Crippen molar-refractivity contribution in [2.24, 2.45) is 0 Å². The highest BCUT2D eigenvalue weighted by atomic mass is 16.7. The van der Waals surface area contributed by atoms with Crippen LogP contribution in [0.25, 0.3) is 0 Å². The minimum atomic E-state index is -0.163. The molecule has 0 spiro atoms. The summed E-state index contributed by atoms with van der Waals surface area (Å²) in [6.45, 7) is 4.72. The third-order valence-electron chi connectivity index (χ3n) is 4.31. The quantitative estimate of drug-likeness (QED) is 0.799. The fourth-order valence-corrected chi connectivity index (χ4v) is 3.15. The third kappa shape index (κ3) is 4.06. The molecule has 0 unspecified atom stereocenters. The molecule has 0 bridgehead atoms. The molecule has 5 nitrogen and oxygen atoms in total. The molecule has 2 saturated heterocycles. The highest BCUT2D eigenvalue weighted by molar-refractivity contribution is 5.13. The van der Waals surface area contributed by atoms with Gasteiger partial charge in [0.05, 0.1) is 38.6 Å². The van der Waals surface area contributed by atoms with E-state index in [1.807, 2.05) is 18.2 Å². The van der Waals surface area contributed by atoms with Crippen molar-refractivity contribution in [2.75, 3.05) is 40.0 Å². The maximum Gasteiger partial charge on any atom is 0.173 e. The molecule has 0 N–H and O–H groups in total. The number of nitrogens with zero attached hydrogens (tertiary/aromatic N) is 1. The van der Waals surface area contributed by atoms with Gasteiger partial charge in [0.15, 0.2) is 6.29 Å². The fourth-order valence-electron chi connectivity index (χ4n) is 3.15. The van der Waals surface area contributed by atoms with Crippen molar-refractivity contribution in [2.45, 2.75) is 31.5 Å². The van der Waals surface area contributed by atoms with Gasteiger partial charge in [-0.2, -0.15) is 0 Å². The number of rotatable bonds is 6. The Hall–Kier alpha value is -0.980. The van der Waals surface area contributed by atoms with Gasteiger partial charge < -0.3 is 18.9 Å². The maximum absolute atomic E-state index is 5.98. The van der Waals surface area contributed by atoms with Crippen LogP contribution in [0.4, 0.5) is 0 Å². The van der Waals surface area contributed by atoms with E-state index in [0.29, 0.717) is 19.3 Å². The first-order valence-corrected chi connectivity index (χ1v) is 7.98. The molecular formula is C17H25NO4. The number of hydrogen-bond acceptors (Lipinski definition) is 5. The lowest BCUT2D eigenvalue weighted by atomic mass is 10.1. The maximum atomic E-state index is 5.98. The van der Waals surface area contributed by atoms with Crippen molar-refractivity contribution in [1.82, 2.24) is 4.90 Å². The first-order valence-electron chi connectivity index (χ1n) is 7.98. The van der Waals surface area contributed by atoms with Crippen LogP contribution in [0, 0.1) is 0 Å². The lowest BCUT2D eigenvalue weighted by Crippen LogP contribution is -2.47. The van der Waals surface area contributed by atoms with E-state index in [-0.39, 0.29) is 12.4 Å². The monoisotopic (exact) mass is 307 g/mol. The average molecular weight is 307 g/mol. The van der Waals surface area contributed by atoms with Crippen LogP contribution in [-0.2, 0) is 25.6 Å². The van der Waals surface area contributed by atoms with Gasteiger partial charge in [-0.15, -0.1) is 0 Å². The minimum absolute atomic E-state index is 0.0986. The SMILES string of the molecule is CO[C@@H]1O[C@H](COCc2ccccc2)C[C@H]1N1CCOCC1. The second-order valence-corrected chi connectivity index (χ2v) is 5.81. The van der Waals surface area contributed by atoms with Crippen LogP contribution in [0.15, 0.2) is 30.3 Å². The molecule has 5 heteroatoms. The molecule has 0 amide bonds. The second-order valence-electron chi connectivity index (χ2n) is 5.81. The molecule has 122 valence electrons. The molecule has 0 aromatic heterocycles. The molecule has 22 heavy (non-hydrogen) atoms. The first-order chi connectivity index (χ1) is 10.9. The summed E-state index contributed by atoms with van der Waals surface area (Å²) in [5.74, 6) is 0. The van der Waals surface area contributed by atoms with E-state index < -0.39 is 0 Å². The summed E-state index contributed by atoms with van der Waals surface area (Å²) in [5, 5.41) is 0. The van der Waals surface area contributed by atoms with Crippen molar-refractivity contribution in [3.8, 4) is 0 Å². The predicted octanol–water partition coefficient (Wildman–Crippen LogP) is 1.67. The number of morpholine rings is 1. The molecule has 3 rings (SSSR count). The summed E-state index contributed by atoms with van der Waals surface area (Å²) in [6.07, 6.45) is 0.887. The van der Waals surface area contributed by atoms with E-state index >= 15 is 0 Å². The summed E-state index contributed by atoms with van der Waals surface area (Å²) in [7, 11) is 1.71. The van der Waals surface area contributed by atoms with Crippen LogP contribution < -0.4 is 0 Å². The predicted molar refractivity (Wildman–Crippen MR) is 82.6 cm³/mol. The lowest BCUT2D eigenvalue weighted by Gasteiger charge is -2.33. The topological polar surface area (TPSA) is 40.2 Å². The molecule has 2 aliphatic rings. The van der Waals surface area contributed by atoms with E-state index in [2.05, 4.69) is 17.0 Å². The van der Waals surface area contributed by atoms with Gasteiger partial charge >= 0.3 is 0 Å². The molecule has 0 aliphatic carbocycles. The van der Waals surface area contributed by atoms with Gasteiger partial charge in [-0.1, -0.05) is 30.3 Å². The van der Waals surface area contributed by atoms with Crippen LogP contribution in [0.5, 0.6) is 0 Å². The van der Waals surface area contributed by atoms with Crippen molar-refractivity contribution >= 4 is 0 Å². The van der Waals surface area contributed by atoms with E-state index in [9.17, 15) is 0 Å². The molecule has 1 aromatic carbocycles.